The van der Waals surface area contributed by atoms with Crippen molar-refractivity contribution in [3.8, 4) is 0 Å². The predicted octanol–water partition coefficient (Wildman–Crippen LogP) is 3.40. The number of rotatable bonds is 5. The van der Waals surface area contributed by atoms with E-state index in [4.69, 9.17) is 4.42 Å². The Morgan fingerprint density at radius 3 is 2.29 bits per heavy atom. The minimum Gasteiger partial charge on any atom is -0.459 e. The molecule has 1 aromatic heterocycles. The Hall–Kier alpha value is -2.56. The average Bonchev–Trinajstić information content (AvgIpc) is 3.05. The number of nitrogens with zero attached hydrogens (tertiary/aromatic N) is 1. The molecule has 0 unspecified atom stereocenters. The van der Waals surface area contributed by atoms with Crippen LogP contribution in [-0.4, -0.2) is 23.9 Å². The van der Waals surface area contributed by atoms with Crippen LogP contribution >= 0.6 is 0 Å². The minimum absolute atomic E-state index is 0.0672. The molecule has 0 fully saturated rings. The van der Waals surface area contributed by atoms with E-state index in [2.05, 4.69) is 12.2 Å². The highest BCUT2D eigenvalue weighted by molar-refractivity contribution is 6.07. The van der Waals surface area contributed by atoms with Crippen LogP contribution in [-0.2, 0) is 11.2 Å². The van der Waals surface area contributed by atoms with Gasteiger partial charge in [0.15, 0.2) is 5.76 Å². The molecule has 2 amide bonds. The van der Waals surface area contributed by atoms with E-state index >= 15 is 0 Å². The third-order valence-electron chi connectivity index (χ3n) is 3.45. The van der Waals surface area contributed by atoms with Gasteiger partial charge in [0, 0.05) is 11.2 Å². The van der Waals surface area contributed by atoms with Crippen LogP contribution in [0.25, 0.3) is 0 Å². The number of benzene rings is 1. The summed E-state index contributed by atoms with van der Waals surface area (Å²) in [5, 5.41) is 2.88. The van der Waals surface area contributed by atoms with Gasteiger partial charge in [-0.3, -0.25) is 14.5 Å². The van der Waals surface area contributed by atoms with Crippen molar-refractivity contribution in [2.75, 3.05) is 11.4 Å². The summed E-state index contributed by atoms with van der Waals surface area (Å²) in [5.74, 6) is -0.353. The summed E-state index contributed by atoms with van der Waals surface area (Å²) >= 11 is 0. The number of carbonyl (C=O) groups excluding carboxylic acids is 2. The van der Waals surface area contributed by atoms with Gasteiger partial charge in [-0.25, -0.2) is 0 Å². The fraction of sp³-hybridized carbons (Fsp3) is 0.368. The Bertz CT molecular complexity index is 682. The van der Waals surface area contributed by atoms with E-state index in [0.29, 0.717) is 5.69 Å². The zero-order chi connectivity index (χ0) is 17.7. The molecule has 1 aromatic carbocycles. The van der Waals surface area contributed by atoms with Gasteiger partial charge in [0.2, 0.25) is 5.91 Å². The molecule has 1 heterocycles. The first-order chi connectivity index (χ1) is 11.3. The Morgan fingerprint density at radius 1 is 1.12 bits per heavy atom. The van der Waals surface area contributed by atoms with Gasteiger partial charge in [0.1, 0.15) is 6.54 Å². The van der Waals surface area contributed by atoms with E-state index in [9.17, 15) is 9.59 Å². The van der Waals surface area contributed by atoms with Crippen LogP contribution in [0.1, 0.15) is 43.8 Å². The molecule has 0 aliphatic carbocycles. The monoisotopic (exact) mass is 328 g/mol. The maximum atomic E-state index is 12.7. The van der Waals surface area contributed by atoms with Crippen molar-refractivity contribution in [3.05, 3.63) is 54.0 Å². The number of hydrogen-bond donors (Lipinski definition) is 1. The fourth-order valence-electron chi connectivity index (χ4n) is 2.33. The summed E-state index contributed by atoms with van der Waals surface area (Å²) in [6.07, 6.45) is 2.36. The zero-order valence-corrected chi connectivity index (χ0v) is 14.6. The van der Waals surface area contributed by atoms with Gasteiger partial charge < -0.3 is 9.73 Å². The van der Waals surface area contributed by atoms with Crippen molar-refractivity contribution in [1.29, 1.82) is 0 Å². The van der Waals surface area contributed by atoms with Crippen LogP contribution < -0.4 is 10.2 Å². The molecule has 0 saturated carbocycles. The molecular weight excluding hydrogens is 304 g/mol. The molecule has 0 saturated heterocycles. The van der Waals surface area contributed by atoms with Crippen LogP contribution in [0.5, 0.6) is 0 Å². The van der Waals surface area contributed by atoms with Gasteiger partial charge >= 0.3 is 0 Å². The molecule has 0 aliphatic heterocycles. The minimum atomic E-state index is -0.359. The van der Waals surface area contributed by atoms with Crippen molar-refractivity contribution in [3.63, 3.8) is 0 Å². The highest BCUT2D eigenvalue weighted by Crippen LogP contribution is 2.19. The quantitative estimate of drug-likeness (QED) is 0.915. The summed E-state index contributed by atoms with van der Waals surface area (Å²) in [6, 6.07) is 10.9. The van der Waals surface area contributed by atoms with Gasteiger partial charge in [-0.1, -0.05) is 19.1 Å². The van der Waals surface area contributed by atoms with Gasteiger partial charge in [-0.15, -0.1) is 0 Å². The van der Waals surface area contributed by atoms with Crippen LogP contribution in [0.3, 0.4) is 0 Å². The molecule has 1 N–H and O–H groups in total. The van der Waals surface area contributed by atoms with Crippen molar-refractivity contribution in [1.82, 2.24) is 5.32 Å². The number of hydrogen-bond acceptors (Lipinski definition) is 3. The maximum Gasteiger partial charge on any atom is 0.294 e. The van der Waals surface area contributed by atoms with Crippen LogP contribution in [0, 0.1) is 0 Å². The molecule has 2 aromatic rings. The van der Waals surface area contributed by atoms with Crippen molar-refractivity contribution < 1.29 is 14.0 Å². The Morgan fingerprint density at radius 2 is 1.79 bits per heavy atom. The zero-order valence-electron chi connectivity index (χ0n) is 14.6. The van der Waals surface area contributed by atoms with E-state index < -0.39 is 0 Å². The standard InChI is InChI=1S/C19H24N2O3/c1-5-14-8-10-15(11-9-14)21(13-17(22)20-19(2,3)4)18(23)16-7-6-12-24-16/h6-12H,5,13H2,1-4H3,(H,20,22). The Kier molecular flexibility index (Phi) is 5.44. The molecule has 5 nitrogen and oxygen atoms in total. The van der Waals surface area contributed by atoms with Crippen molar-refractivity contribution in [2.45, 2.75) is 39.7 Å². The summed E-state index contributed by atoms with van der Waals surface area (Å²) < 4.78 is 5.20. The first-order valence-electron chi connectivity index (χ1n) is 8.05. The largest absolute Gasteiger partial charge is 0.459 e. The number of nitrogens with one attached hydrogen (secondary N) is 1. The molecule has 128 valence electrons. The lowest BCUT2D eigenvalue weighted by atomic mass is 10.1. The van der Waals surface area contributed by atoms with Gasteiger partial charge in [0.25, 0.3) is 5.91 Å². The van der Waals surface area contributed by atoms with E-state index in [1.807, 2.05) is 45.0 Å². The van der Waals surface area contributed by atoms with Gasteiger partial charge in [0.05, 0.1) is 6.26 Å². The molecule has 0 atom stereocenters. The van der Waals surface area contributed by atoms with Gasteiger partial charge in [-0.2, -0.15) is 0 Å². The highest BCUT2D eigenvalue weighted by Gasteiger charge is 2.24. The van der Waals surface area contributed by atoms with Crippen molar-refractivity contribution >= 4 is 17.5 Å². The first-order valence-corrected chi connectivity index (χ1v) is 8.05. The number of carbonyl (C=O) groups is 2. The van der Waals surface area contributed by atoms with E-state index in [-0.39, 0.29) is 29.7 Å². The average molecular weight is 328 g/mol. The summed E-state index contributed by atoms with van der Waals surface area (Å²) in [5.41, 5.74) is 1.48. The molecule has 5 heteroatoms. The molecular formula is C19H24N2O3. The fourth-order valence-corrected chi connectivity index (χ4v) is 2.33. The Labute approximate surface area is 142 Å². The third kappa shape index (κ3) is 4.72. The van der Waals surface area contributed by atoms with Crippen LogP contribution in [0.4, 0.5) is 5.69 Å². The van der Waals surface area contributed by atoms with Crippen molar-refractivity contribution in [2.24, 2.45) is 0 Å². The second-order valence-electron chi connectivity index (χ2n) is 6.69. The van der Waals surface area contributed by atoms with E-state index in [1.54, 1.807) is 12.1 Å². The molecule has 0 radical (unpaired) electrons. The molecule has 24 heavy (non-hydrogen) atoms. The topological polar surface area (TPSA) is 62.6 Å². The van der Waals surface area contributed by atoms with E-state index in [0.717, 1.165) is 6.42 Å². The summed E-state index contributed by atoms with van der Waals surface area (Å²) in [6.45, 7) is 7.71. The normalized spacial score (nSPS) is 11.2. The summed E-state index contributed by atoms with van der Waals surface area (Å²) in [7, 11) is 0. The lowest BCUT2D eigenvalue weighted by Crippen LogP contribution is -2.47. The van der Waals surface area contributed by atoms with Crippen LogP contribution in [0.15, 0.2) is 47.1 Å². The molecule has 0 aliphatic rings. The lowest BCUT2D eigenvalue weighted by molar-refractivity contribution is -0.121. The number of furan rings is 1. The first kappa shape index (κ1) is 17.8. The SMILES string of the molecule is CCc1ccc(N(CC(=O)NC(C)(C)C)C(=O)c2ccco2)cc1. The number of anilines is 1. The predicted molar refractivity (Wildman–Crippen MR) is 94.1 cm³/mol. The van der Waals surface area contributed by atoms with Crippen LogP contribution in [0.2, 0.25) is 0 Å². The Balaban J connectivity index is 2.26. The summed E-state index contributed by atoms with van der Waals surface area (Å²) in [4.78, 5) is 26.4. The van der Waals surface area contributed by atoms with Gasteiger partial charge in [-0.05, 0) is 57.0 Å². The number of aryl methyl sites for hydroxylation is 1. The molecule has 0 bridgehead atoms. The third-order valence-corrected chi connectivity index (χ3v) is 3.45. The molecule has 2 rings (SSSR count). The second kappa shape index (κ2) is 7.34. The highest BCUT2D eigenvalue weighted by atomic mass is 16.3. The van der Waals surface area contributed by atoms with E-state index in [1.165, 1.54) is 16.7 Å². The second-order valence-corrected chi connectivity index (χ2v) is 6.69. The maximum absolute atomic E-state index is 12.7. The lowest BCUT2D eigenvalue weighted by Gasteiger charge is -2.25. The smallest absolute Gasteiger partial charge is 0.294 e. The number of amides is 2. The molecule has 0 spiro atoms.